The lowest BCUT2D eigenvalue weighted by molar-refractivity contribution is -0.116. The SMILES string of the molecule is Cc1cc(Cl)ccc1OCCCC(=O)Nc1c[nH]ccc1=O. The number of nitrogens with one attached hydrogen (secondary N) is 2. The molecule has 116 valence electrons. The summed E-state index contributed by atoms with van der Waals surface area (Å²) in [4.78, 5) is 26.0. The number of pyridine rings is 1. The lowest BCUT2D eigenvalue weighted by Crippen LogP contribution is -2.18. The summed E-state index contributed by atoms with van der Waals surface area (Å²) in [6, 6.07) is 6.76. The van der Waals surface area contributed by atoms with Crippen LogP contribution in [0, 0.1) is 6.92 Å². The van der Waals surface area contributed by atoms with E-state index >= 15 is 0 Å². The molecule has 0 unspecified atom stereocenters. The van der Waals surface area contributed by atoms with Crippen molar-refractivity contribution in [3.05, 3.63) is 57.5 Å². The van der Waals surface area contributed by atoms with Crippen LogP contribution >= 0.6 is 11.6 Å². The van der Waals surface area contributed by atoms with Crippen molar-refractivity contribution in [1.29, 1.82) is 0 Å². The molecule has 0 radical (unpaired) electrons. The molecule has 0 saturated heterocycles. The monoisotopic (exact) mass is 320 g/mol. The van der Waals surface area contributed by atoms with E-state index in [1.54, 1.807) is 12.1 Å². The van der Waals surface area contributed by atoms with Gasteiger partial charge in [0, 0.05) is 29.9 Å². The fraction of sp³-hybridized carbons (Fsp3) is 0.250. The van der Waals surface area contributed by atoms with Gasteiger partial charge in [0.05, 0.1) is 6.61 Å². The maximum Gasteiger partial charge on any atom is 0.224 e. The van der Waals surface area contributed by atoms with Gasteiger partial charge in [-0.3, -0.25) is 9.59 Å². The van der Waals surface area contributed by atoms with Gasteiger partial charge in [-0.1, -0.05) is 11.6 Å². The minimum absolute atomic E-state index is 0.215. The van der Waals surface area contributed by atoms with E-state index in [0.717, 1.165) is 11.3 Å². The van der Waals surface area contributed by atoms with Crippen LogP contribution in [0.4, 0.5) is 5.69 Å². The summed E-state index contributed by atoms with van der Waals surface area (Å²) < 4.78 is 5.61. The average molecular weight is 321 g/mol. The summed E-state index contributed by atoms with van der Waals surface area (Å²) in [5.41, 5.74) is 0.981. The molecular weight excluding hydrogens is 304 g/mol. The van der Waals surface area contributed by atoms with E-state index in [2.05, 4.69) is 10.3 Å². The standard InChI is InChI=1S/C16H17ClN2O3/c1-11-9-12(17)4-5-15(11)22-8-2-3-16(21)19-13-10-18-7-6-14(13)20/h4-7,9-10H,2-3,8H2,1H3,(H,18,20)(H,19,21). The molecule has 0 aliphatic rings. The van der Waals surface area contributed by atoms with Crippen LogP contribution in [0.15, 0.2) is 41.5 Å². The van der Waals surface area contributed by atoms with Gasteiger partial charge in [-0.2, -0.15) is 0 Å². The molecule has 0 aliphatic heterocycles. The first-order chi connectivity index (χ1) is 10.6. The molecule has 0 spiro atoms. The summed E-state index contributed by atoms with van der Waals surface area (Å²) in [6.07, 6.45) is 3.81. The zero-order chi connectivity index (χ0) is 15.9. The van der Waals surface area contributed by atoms with Crippen molar-refractivity contribution in [2.75, 3.05) is 11.9 Å². The highest BCUT2D eigenvalue weighted by Gasteiger charge is 2.06. The lowest BCUT2D eigenvalue weighted by atomic mass is 10.2. The number of ether oxygens (including phenoxy) is 1. The van der Waals surface area contributed by atoms with E-state index in [4.69, 9.17) is 16.3 Å². The van der Waals surface area contributed by atoms with Gasteiger partial charge in [0.15, 0.2) is 0 Å². The lowest BCUT2D eigenvalue weighted by Gasteiger charge is -2.09. The molecule has 1 aromatic carbocycles. The fourth-order valence-corrected chi connectivity index (χ4v) is 2.14. The molecule has 0 atom stereocenters. The second-order valence-corrected chi connectivity index (χ2v) is 5.27. The van der Waals surface area contributed by atoms with Gasteiger partial charge in [0.25, 0.3) is 0 Å². The van der Waals surface area contributed by atoms with Crippen molar-refractivity contribution < 1.29 is 9.53 Å². The van der Waals surface area contributed by atoms with Crippen LogP contribution in [0.25, 0.3) is 0 Å². The minimum Gasteiger partial charge on any atom is -0.493 e. The summed E-state index contributed by atoms with van der Waals surface area (Å²) in [5.74, 6) is 0.539. The van der Waals surface area contributed by atoms with Crippen molar-refractivity contribution in [3.8, 4) is 5.75 Å². The van der Waals surface area contributed by atoms with Crippen LogP contribution in [-0.2, 0) is 4.79 Å². The molecule has 2 rings (SSSR count). The molecule has 5 nitrogen and oxygen atoms in total. The maximum atomic E-state index is 11.8. The molecule has 6 heteroatoms. The first kappa shape index (κ1) is 16.1. The normalized spacial score (nSPS) is 10.3. The number of aromatic amines is 1. The van der Waals surface area contributed by atoms with Crippen LogP contribution < -0.4 is 15.5 Å². The van der Waals surface area contributed by atoms with Gasteiger partial charge in [0.1, 0.15) is 11.4 Å². The van der Waals surface area contributed by atoms with Gasteiger partial charge in [0.2, 0.25) is 11.3 Å². The molecule has 1 heterocycles. The predicted octanol–water partition coefficient (Wildman–Crippen LogP) is 3.13. The molecular formula is C16H17ClN2O3. The number of carbonyl (C=O) groups excluding carboxylic acids is 1. The Morgan fingerprint density at radius 2 is 2.18 bits per heavy atom. The quantitative estimate of drug-likeness (QED) is 0.803. The largest absolute Gasteiger partial charge is 0.493 e. The summed E-state index contributed by atoms with van der Waals surface area (Å²) >= 11 is 5.87. The van der Waals surface area contributed by atoms with Gasteiger partial charge in [-0.25, -0.2) is 0 Å². The zero-order valence-corrected chi connectivity index (χ0v) is 12.9. The third kappa shape index (κ3) is 4.63. The van der Waals surface area contributed by atoms with E-state index in [-0.39, 0.29) is 23.4 Å². The number of amides is 1. The Labute approximate surface area is 133 Å². The second kappa shape index (κ2) is 7.66. The molecule has 0 saturated carbocycles. The molecule has 0 bridgehead atoms. The third-order valence-electron chi connectivity index (χ3n) is 3.04. The van der Waals surface area contributed by atoms with E-state index in [9.17, 15) is 9.59 Å². The van der Waals surface area contributed by atoms with E-state index in [1.807, 2.05) is 13.0 Å². The first-order valence-corrected chi connectivity index (χ1v) is 7.30. The number of hydrogen-bond donors (Lipinski definition) is 2. The van der Waals surface area contributed by atoms with Crippen LogP contribution in [0.5, 0.6) is 5.75 Å². The van der Waals surface area contributed by atoms with Crippen LogP contribution in [0.2, 0.25) is 5.02 Å². The number of anilines is 1. The van der Waals surface area contributed by atoms with Crippen molar-refractivity contribution in [2.24, 2.45) is 0 Å². The van der Waals surface area contributed by atoms with Gasteiger partial charge < -0.3 is 15.0 Å². The molecule has 2 aromatic rings. The Morgan fingerprint density at radius 1 is 1.36 bits per heavy atom. The zero-order valence-electron chi connectivity index (χ0n) is 12.2. The highest BCUT2D eigenvalue weighted by atomic mass is 35.5. The number of rotatable bonds is 6. The number of carbonyl (C=O) groups is 1. The van der Waals surface area contributed by atoms with Gasteiger partial charge in [-0.15, -0.1) is 0 Å². The van der Waals surface area contributed by atoms with Gasteiger partial charge >= 0.3 is 0 Å². The topological polar surface area (TPSA) is 71.2 Å². The van der Waals surface area contributed by atoms with Crippen molar-refractivity contribution in [2.45, 2.75) is 19.8 Å². The number of H-pyrrole nitrogens is 1. The number of aryl methyl sites for hydroxylation is 1. The first-order valence-electron chi connectivity index (χ1n) is 6.92. The molecule has 0 aliphatic carbocycles. The Hall–Kier alpha value is -2.27. The van der Waals surface area contributed by atoms with Crippen LogP contribution in [-0.4, -0.2) is 17.5 Å². The third-order valence-corrected chi connectivity index (χ3v) is 3.28. The van der Waals surface area contributed by atoms with Crippen molar-refractivity contribution in [1.82, 2.24) is 4.98 Å². The highest BCUT2D eigenvalue weighted by molar-refractivity contribution is 6.30. The van der Waals surface area contributed by atoms with E-state index in [0.29, 0.717) is 18.1 Å². The van der Waals surface area contributed by atoms with E-state index in [1.165, 1.54) is 18.5 Å². The fourth-order valence-electron chi connectivity index (χ4n) is 1.92. The maximum absolute atomic E-state index is 11.8. The highest BCUT2D eigenvalue weighted by Crippen LogP contribution is 2.21. The Balaban J connectivity index is 1.76. The summed E-state index contributed by atoms with van der Waals surface area (Å²) in [7, 11) is 0. The van der Waals surface area contributed by atoms with Crippen molar-refractivity contribution in [3.63, 3.8) is 0 Å². The Morgan fingerprint density at radius 3 is 2.91 bits per heavy atom. The molecule has 0 fully saturated rings. The predicted molar refractivity (Wildman–Crippen MR) is 86.6 cm³/mol. The summed E-state index contributed by atoms with van der Waals surface area (Å²) in [5, 5.41) is 3.24. The Bertz CT molecular complexity index is 713. The van der Waals surface area contributed by atoms with Gasteiger partial charge in [-0.05, 0) is 37.1 Å². The molecule has 1 amide bonds. The minimum atomic E-state index is -0.222. The number of halogens is 1. The summed E-state index contributed by atoms with van der Waals surface area (Å²) in [6.45, 7) is 2.33. The molecule has 1 aromatic heterocycles. The second-order valence-electron chi connectivity index (χ2n) is 4.83. The number of benzene rings is 1. The van der Waals surface area contributed by atoms with Crippen molar-refractivity contribution >= 4 is 23.2 Å². The molecule has 22 heavy (non-hydrogen) atoms. The number of aromatic nitrogens is 1. The molecule has 2 N–H and O–H groups in total. The number of hydrogen-bond acceptors (Lipinski definition) is 3. The van der Waals surface area contributed by atoms with Crippen LogP contribution in [0.3, 0.4) is 0 Å². The average Bonchev–Trinajstić information content (AvgIpc) is 2.48. The van der Waals surface area contributed by atoms with E-state index < -0.39 is 0 Å². The Kier molecular flexibility index (Phi) is 5.61. The smallest absolute Gasteiger partial charge is 0.224 e. The van der Waals surface area contributed by atoms with Crippen LogP contribution in [0.1, 0.15) is 18.4 Å².